The number of carboxylic acids is 2. The molecule has 0 bridgehead atoms. The Balaban J connectivity index is 0.898. The molecule has 0 spiro atoms. The molecule has 5 rings (SSSR count). The molecule has 13 nitrogen and oxygen atoms in total. The number of carbonyl (C=O) groups is 3. The predicted molar refractivity (Wildman–Crippen MR) is 208 cm³/mol. The zero-order chi connectivity index (χ0) is 39.9. The molecular formula is C43H70N2O11. The lowest BCUT2D eigenvalue weighted by atomic mass is 9.77. The van der Waals surface area contributed by atoms with Gasteiger partial charge in [-0.25, -0.2) is 0 Å². The third-order valence-corrected chi connectivity index (χ3v) is 13.0. The number of hydrogen-bond acceptors (Lipinski definition) is 10. The van der Waals surface area contributed by atoms with Crippen molar-refractivity contribution in [3.63, 3.8) is 0 Å². The van der Waals surface area contributed by atoms with Gasteiger partial charge in [-0.15, -0.1) is 0 Å². The summed E-state index contributed by atoms with van der Waals surface area (Å²) in [6.45, 7) is 7.00. The van der Waals surface area contributed by atoms with E-state index in [0.29, 0.717) is 58.4 Å². The number of hydrogen-bond donors (Lipinski definition) is 4. The molecular weight excluding hydrogens is 720 g/mol. The average Bonchev–Trinajstić information content (AvgIpc) is 3.19. The quantitative estimate of drug-likeness (QED) is 0.0644. The van der Waals surface area contributed by atoms with E-state index in [2.05, 4.69) is 30.8 Å². The van der Waals surface area contributed by atoms with Gasteiger partial charge in [0.1, 0.15) is 12.2 Å². The molecule has 5 fully saturated rings. The maximum absolute atomic E-state index is 13.1. The van der Waals surface area contributed by atoms with Gasteiger partial charge in [-0.1, -0.05) is 39.5 Å². The number of amides is 1. The van der Waals surface area contributed by atoms with Gasteiger partial charge in [-0.3, -0.25) is 14.4 Å². The van der Waals surface area contributed by atoms with Crippen LogP contribution in [0.4, 0.5) is 0 Å². The molecule has 4 N–H and O–H groups in total. The number of ether oxygens (including phenoxy) is 5. The number of terminal acetylenes is 1. The van der Waals surface area contributed by atoms with Crippen molar-refractivity contribution in [2.24, 2.45) is 29.1 Å². The number of rotatable bonds is 20. The number of hydroxylamine groups is 1. The van der Waals surface area contributed by atoms with Crippen LogP contribution in [0.15, 0.2) is 0 Å². The smallest absolute Gasteiger partial charge is 0.307 e. The Morgan fingerprint density at radius 2 is 1.16 bits per heavy atom. The van der Waals surface area contributed by atoms with Crippen molar-refractivity contribution in [2.75, 3.05) is 33.0 Å². The van der Waals surface area contributed by atoms with Crippen LogP contribution in [0.1, 0.15) is 136 Å². The molecule has 13 heteroatoms. The van der Waals surface area contributed by atoms with E-state index in [9.17, 15) is 24.6 Å². The first kappa shape index (κ1) is 44.6. The largest absolute Gasteiger partial charge is 0.481 e. The van der Waals surface area contributed by atoms with Gasteiger partial charge in [0, 0.05) is 17.5 Å². The summed E-state index contributed by atoms with van der Waals surface area (Å²) in [6, 6.07) is 0.242. The molecule has 56 heavy (non-hydrogen) atoms. The maximum Gasteiger partial charge on any atom is 0.307 e. The minimum absolute atomic E-state index is 0.0193. The monoisotopic (exact) mass is 790 g/mol. The Bertz CT molecular complexity index is 1250. The van der Waals surface area contributed by atoms with Crippen molar-refractivity contribution in [3.8, 4) is 12.5 Å². The minimum atomic E-state index is -0.982. The molecule has 0 aliphatic heterocycles. The summed E-state index contributed by atoms with van der Waals surface area (Å²) in [5.74, 6) is -3.82. The molecule has 0 aromatic heterocycles. The number of aliphatic carboxylic acids is 2. The SMILES string of the molecule is C#COC1CCC(C(=O)NC2CCC(OCC(C)(C)COC3CCC(NOCC4CCC(OCCOC5CCCCC5)CC4C(=O)O)CC3)CC2)C(C(=O)O)C1. The van der Waals surface area contributed by atoms with E-state index in [-0.39, 0.29) is 60.2 Å². The topological polar surface area (TPSA) is 171 Å². The predicted octanol–water partition coefficient (Wildman–Crippen LogP) is 6.02. The van der Waals surface area contributed by atoms with Gasteiger partial charge in [0.25, 0.3) is 0 Å². The molecule has 0 saturated heterocycles. The molecule has 0 aromatic rings. The zero-order valence-electron chi connectivity index (χ0n) is 34.0. The van der Waals surface area contributed by atoms with Crippen LogP contribution in [0.5, 0.6) is 0 Å². The Kier molecular flexibility index (Phi) is 18.0. The molecule has 5 saturated carbocycles. The van der Waals surface area contributed by atoms with Crippen LogP contribution in [0.2, 0.25) is 0 Å². The molecule has 318 valence electrons. The van der Waals surface area contributed by atoms with Crippen LogP contribution in [-0.4, -0.2) is 104 Å². The first-order chi connectivity index (χ1) is 27.0. The molecule has 6 unspecified atom stereocenters. The summed E-state index contributed by atoms with van der Waals surface area (Å²) in [4.78, 5) is 43.0. The fourth-order valence-electron chi connectivity index (χ4n) is 9.46. The van der Waals surface area contributed by atoms with Crippen LogP contribution < -0.4 is 10.8 Å². The lowest BCUT2D eigenvalue weighted by Crippen LogP contribution is -2.47. The minimum Gasteiger partial charge on any atom is -0.481 e. The highest BCUT2D eigenvalue weighted by molar-refractivity contribution is 5.85. The van der Waals surface area contributed by atoms with Crippen molar-refractivity contribution in [2.45, 2.75) is 178 Å². The van der Waals surface area contributed by atoms with E-state index in [4.69, 9.17) is 34.9 Å². The standard InChI is InChI=1S/C43H70N2O11/c1-4-51-35-20-21-37(39(25-35)42(49)50)40(46)44-30-11-16-33(17-12-30)54-27-43(2,3)28-55-34-18-13-31(14-19-34)45-56-26-29-10-15-36(24-38(29)41(47)48)53-23-22-52-32-8-6-5-7-9-32/h1,29-39,45H,5-28H2,2-3H3,(H,44,46)(H,47,48)(H,49,50). The third-order valence-electron chi connectivity index (χ3n) is 13.0. The van der Waals surface area contributed by atoms with Crippen LogP contribution in [0.3, 0.4) is 0 Å². The van der Waals surface area contributed by atoms with Crippen LogP contribution >= 0.6 is 0 Å². The van der Waals surface area contributed by atoms with Crippen LogP contribution in [-0.2, 0) is 42.9 Å². The van der Waals surface area contributed by atoms with Gasteiger partial charge in [0.2, 0.25) is 5.91 Å². The first-order valence-corrected chi connectivity index (χ1v) is 21.7. The lowest BCUT2D eigenvalue weighted by Gasteiger charge is -2.36. The Labute approximate surface area is 334 Å². The summed E-state index contributed by atoms with van der Waals surface area (Å²) in [7, 11) is 0. The lowest BCUT2D eigenvalue weighted by molar-refractivity contribution is -0.151. The van der Waals surface area contributed by atoms with Crippen LogP contribution in [0, 0.1) is 41.6 Å². The molecule has 5 aliphatic rings. The molecule has 0 radical (unpaired) electrons. The molecule has 5 aliphatic carbocycles. The van der Waals surface area contributed by atoms with Crippen molar-refractivity contribution in [3.05, 3.63) is 0 Å². The van der Waals surface area contributed by atoms with E-state index in [1.807, 2.05) is 0 Å². The summed E-state index contributed by atoms with van der Waals surface area (Å²) in [6.07, 6.45) is 24.2. The summed E-state index contributed by atoms with van der Waals surface area (Å²) in [5.41, 5.74) is 3.08. The number of carboxylic acid groups (broad SMARTS) is 2. The third kappa shape index (κ3) is 14.4. The summed E-state index contributed by atoms with van der Waals surface area (Å²) in [5, 5.41) is 22.8. The molecule has 6 atom stereocenters. The van der Waals surface area contributed by atoms with E-state index >= 15 is 0 Å². The van der Waals surface area contributed by atoms with E-state index in [1.54, 1.807) is 0 Å². The highest BCUT2D eigenvalue weighted by Crippen LogP contribution is 2.35. The highest BCUT2D eigenvalue weighted by Gasteiger charge is 2.41. The van der Waals surface area contributed by atoms with Gasteiger partial charge in [0.15, 0.2) is 0 Å². The Hall–Kier alpha value is -2.47. The van der Waals surface area contributed by atoms with Gasteiger partial charge < -0.3 is 44.1 Å². The van der Waals surface area contributed by atoms with Crippen molar-refractivity contribution >= 4 is 17.8 Å². The summed E-state index contributed by atoms with van der Waals surface area (Å²) < 4.78 is 29.9. The fourth-order valence-corrected chi connectivity index (χ4v) is 9.46. The van der Waals surface area contributed by atoms with Crippen molar-refractivity contribution in [1.82, 2.24) is 10.8 Å². The molecule has 1 amide bonds. The first-order valence-electron chi connectivity index (χ1n) is 21.7. The van der Waals surface area contributed by atoms with Crippen molar-refractivity contribution in [1.29, 1.82) is 0 Å². The highest BCUT2D eigenvalue weighted by atomic mass is 16.6. The fraction of sp³-hybridized carbons (Fsp3) is 0.884. The second-order valence-electron chi connectivity index (χ2n) is 18.0. The normalized spacial score (nSPS) is 33.2. The Morgan fingerprint density at radius 1 is 0.625 bits per heavy atom. The van der Waals surface area contributed by atoms with Gasteiger partial charge in [0.05, 0.1) is 75.2 Å². The summed E-state index contributed by atoms with van der Waals surface area (Å²) >= 11 is 0. The number of nitrogens with one attached hydrogen (secondary N) is 2. The van der Waals surface area contributed by atoms with Gasteiger partial charge in [-0.2, -0.15) is 5.48 Å². The Morgan fingerprint density at radius 3 is 1.77 bits per heavy atom. The van der Waals surface area contributed by atoms with Gasteiger partial charge >= 0.3 is 11.9 Å². The van der Waals surface area contributed by atoms with E-state index in [1.165, 1.54) is 19.3 Å². The second kappa shape index (κ2) is 22.6. The second-order valence-corrected chi connectivity index (χ2v) is 18.0. The van der Waals surface area contributed by atoms with Crippen LogP contribution in [0.25, 0.3) is 0 Å². The zero-order valence-corrected chi connectivity index (χ0v) is 34.0. The van der Waals surface area contributed by atoms with E-state index < -0.39 is 29.7 Å². The average molecular weight is 791 g/mol. The van der Waals surface area contributed by atoms with Gasteiger partial charge in [-0.05, 0) is 109 Å². The maximum atomic E-state index is 13.1. The van der Waals surface area contributed by atoms with Crippen molar-refractivity contribution < 1.29 is 53.1 Å². The molecule has 0 heterocycles. The van der Waals surface area contributed by atoms with E-state index in [0.717, 1.165) is 77.0 Å². The number of carbonyl (C=O) groups excluding carboxylic acids is 1. The molecule has 0 aromatic carbocycles.